The molecule has 7 heavy (non-hydrogen) atoms. The van der Waals surface area contributed by atoms with Crippen LogP contribution in [0.25, 0.3) is 0 Å². The van der Waals surface area contributed by atoms with Gasteiger partial charge in [-0.2, -0.15) is 0 Å². The van der Waals surface area contributed by atoms with E-state index >= 15 is 0 Å². The fourth-order valence-electron chi connectivity index (χ4n) is 0. The van der Waals surface area contributed by atoms with Crippen LogP contribution in [-0.4, -0.2) is 15.1 Å². The van der Waals surface area contributed by atoms with Crippen LogP contribution < -0.4 is 0 Å². The third-order valence-corrected chi connectivity index (χ3v) is 2.29. The van der Waals surface area contributed by atoms with Gasteiger partial charge in [0.15, 0.2) is 0 Å². The minimum absolute atomic E-state index is 0. The first kappa shape index (κ1) is 11.0. The lowest BCUT2D eigenvalue weighted by Crippen LogP contribution is -2.17. The Morgan fingerprint density at radius 3 is 1.57 bits per heavy atom. The molecule has 0 aromatic heterocycles. The number of hydrogen-bond acceptors (Lipinski definition) is 1. The average molecular weight is 203 g/mol. The molecule has 0 rings (SSSR count). The first-order chi connectivity index (χ1) is 2.56. The van der Waals surface area contributed by atoms with E-state index in [9.17, 15) is 0 Å². The minimum atomic E-state index is -1.21. The molecule has 0 fully saturated rings. The minimum Gasteiger partial charge on any atom is -0.417 e. The Kier molecular flexibility index (Phi) is 6.29. The van der Waals surface area contributed by atoms with Crippen molar-refractivity contribution >= 4 is 33.8 Å². The van der Waals surface area contributed by atoms with E-state index in [0.717, 1.165) is 0 Å². The monoisotopic (exact) mass is 202 g/mol. The maximum atomic E-state index is 5.04. The van der Waals surface area contributed by atoms with Crippen LogP contribution >= 0.6 is 25.8 Å². The SMILES string of the molecule is Br.CO[Si](C)(C)P. The summed E-state index contributed by atoms with van der Waals surface area (Å²) in [4.78, 5) is 0. The fraction of sp³-hybridized carbons (Fsp3) is 1.00. The van der Waals surface area contributed by atoms with Crippen LogP contribution in [0.5, 0.6) is 0 Å². The van der Waals surface area contributed by atoms with Gasteiger partial charge in [-0.15, -0.1) is 25.8 Å². The van der Waals surface area contributed by atoms with Gasteiger partial charge in [-0.3, -0.25) is 0 Å². The van der Waals surface area contributed by atoms with Crippen molar-refractivity contribution in [1.82, 2.24) is 0 Å². The van der Waals surface area contributed by atoms with Crippen LogP contribution in [0, 0.1) is 0 Å². The second-order valence-electron chi connectivity index (χ2n) is 1.81. The highest BCUT2D eigenvalue weighted by molar-refractivity contribution is 8.93. The van der Waals surface area contributed by atoms with E-state index in [0.29, 0.717) is 0 Å². The summed E-state index contributed by atoms with van der Waals surface area (Å²) in [6.45, 7) is 4.25. The summed E-state index contributed by atoms with van der Waals surface area (Å²) in [5.74, 6) is 0. The Morgan fingerprint density at radius 1 is 1.43 bits per heavy atom. The number of halogens is 1. The lowest BCUT2D eigenvalue weighted by Gasteiger charge is -2.10. The molecule has 0 heterocycles. The van der Waals surface area contributed by atoms with E-state index in [2.05, 4.69) is 21.9 Å². The molecule has 0 spiro atoms. The van der Waals surface area contributed by atoms with Gasteiger partial charge < -0.3 is 4.43 Å². The standard InChI is InChI=1S/C3H11OPSi.BrH/c1-4-6(2,3)5;/h5H2,1-3H3;1H. The topological polar surface area (TPSA) is 9.23 Å². The van der Waals surface area contributed by atoms with Gasteiger partial charge in [0.1, 0.15) is 0 Å². The van der Waals surface area contributed by atoms with Crippen LogP contribution in [0.1, 0.15) is 0 Å². The molecule has 0 N–H and O–H groups in total. The fourth-order valence-corrected chi connectivity index (χ4v) is 0. The smallest absolute Gasteiger partial charge is 0.205 e. The summed E-state index contributed by atoms with van der Waals surface area (Å²) in [6.07, 6.45) is 0. The molecule has 0 saturated carbocycles. The van der Waals surface area contributed by atoms with E-state index in [4.69, 9.17) is 4.43 Å². The maximum Gasteiger partial charge on any atom is 0.205 e. The van der Waals surface area contributed by atoms with Crippen molar-refractivity contribution in [3.63, 3.8) is 0 Å². The molecular formula is C3H12BrOPSi. The quantitative estimate of drug-likeness (QED) is 0.466. The molecule has 0 radical (unpaired) electrons. The van der Waals surface area contributed by atoms with E-state index in [1.165, 1.54) is 0 Å². The van der Waals surface area contributed by atoms with Crippen molar-refractivity contribution in [1.29, 1.82) is 0 Å². The lowest BCUT2D eigenvalue weighted by atomic mass is 11.8. The molecule has 46 valence electrons. The zero-order valence-electron chi connectivity index (χ0n) is 4.89. The zero-order valence-corrected chi connectivity index (χ0v) is 8.76. The van der Waals surface area contributed by atoms with Crippen LogP contribution in [0.2, 0.25) is 13.1 Å². The molecule has 1 unspecified atom stereocenters. The molecule has 0 aliphatic rings. The highest BCUT2D eigenvalue weighted by Gasteiger charge is 2.09. The first-order valence-electron chi connectivity index (χ1n) is 1.90. The summed E-state index contributed by atoms with van der Waals surface area (Å²) in [6, 6.07) is 0. The largest absolute Gasteiger partial charge is 0.417 e. The molecule has 1 nitrogen and oxygen atoms in total. The van der Waals surface area contributed by atoms with E-state index in [-0.39, 0.29) is 17.0 Å². The molecule has 0 saturated heterocycles. The molecule has 0 aliphatic carbocycles. The van der Waals surface area contributed by atoms with Crippen LogP contribution in [0.3, 0.4) is 0 Å². The first-order valence-corrected chi connectivity index (χ1v) is 6.62. The average Bonchev–Trinajstić information content (AvgIpc) is 1.35. The van der Waals surface area contributed by atoms with Gasteiger partial charge in [-0.05, 0) is 13.1 Å². The Balaban J connectivity index is 0. The number of hydrogen-bond donors (Lipinski definition) is 0. The van der Waals surface area contributed by atoms with Crippen molar-refractivity contribution in [2.45, 2.75) is 13.1 Å². The third kappa shape index (κ3) is 11.0. The Hall–Kier alpha value is 1.09. The van der Waals surface area contributed by atoms with E-state index in [1.807, 2.05) is 0 Å². The molecule has 0 aromatic rings. The molecule has 0 aromatic carbocycles. The van der Waals surface area contributed by atoms with Crippen molar-refractivity contribution in [2.24, 2.45) is 0 Å². The molecule has 0 amide bonds. The Labute approximate surface area is 58.8 Å². The lowest BCUT2D eigenvalue weighted by molar-refractivity contribution is 0.423. The van der Waals surface area contributed by atoms with E-state index < -0.39 is 7.98 Å². The molecule has 0 aliphatic heterocycles. The van der Waals surface area contributed by atoms with Crippen LogP contribution in [0.4, 0.5) is 0 Å². The second kappa shape index (κ2) is 4.01. The van der Waals surface area contributed by atoms with Crippen molar-refractivity contribution in [3.05, 3.63) is 0 Å². The van der Waals surface area contributed by atoms with Gasteiger partial charge in [-0.1, -0.05) is 0 Å². The third-order valence-electron chi connectivity index (χ3n) is 0.526. The van der Waals surface area contributed by atoms with Crippen molar-refractivity contribution < 1.29 is 4.43 Å². The molecule has 0 bridgehead atoms. The highest BCUT2D eigenvalue weighted by Crippen LogP contribution is 2.09. The second-order valence-corrected chi connectivity index (χ2v) is 9.59. The Bertz CT molecular complexity index is 44.7. The Morgan fingerprint density at radius 2 is 1.57 bits per heavy atom. The zero-order chi connectivity index (χ0) is 5.21. The van der Waals surface area contributed by atoms with Gasteiger partial charge in [0.25, 0.3) is 0 Å². The van der Waals surface area contributed by atoms with Crippen LogP contribution in [-0.2, 0) is 4.43 Å². The molecule has 4 heteroatoms. The molecule has 1 atom stereocenters. The van der Waals surface area contributed by atoms with Crippen molar-refractivity contribution in [3.8, 4) is 0 Å². The van der Waals surface area contributed by atoms with Crippen LogP contribution in [0.15, 0.2) is 0 Å². The van der Waals surface area contributed by atoms with Crippen molar-refractivity contribution in [2.75, 3.05) is 7.11 Å². The van der Waals surface area contributed by atoms with Gasteiger partial charge >= 0.3 is 0 Å². The highest BCUT2D eigenvalue weighted by atomic mass is 79.9. The summed E-state index contributed by atoms with van der Waals surface area (Å²) in [7, 11) is 3.24. The summed E-state index contributed by atoms with van der Waals surface area (Å²) >= 11 is 0. The summed E-state index contributed by atoms with van der Waals surface area (Å²) in [5.41, 5.74) is 0. The van der Waals surface area contributed by atoms with Gasteiger partial charge in [-0.25, -0.2) is 0 Å². The normalized spacial score (nSPS) is 10.3. The van der Waals surface area contributed by atoms with Gasteiger partial charge in [0.05, 0.1) is 0 Å². The number of rotatable bonds is 1. The van der Waals surface area contributed by atoms with Gasteiger partial charge in [0.2, 0.25) is 7.98 Å². The molecular weight excluding hydrogens is 191 g/mol. The summed E-state index contributed by atoms with van der Waals surface area (Å²) < 4.78 is 5.04. The predicted octanol–water partition coefficient (Wildman–Crippen LogP) is 1.79. The summed E-state index contributed by atoms with van der Waals surface area (Å²) in [5, 5.41) is 0. The predicted molar refractivity (Wildman–Crippen MR) is 44.5 cm³/mol. The maximum absolute atomic E-state index is 5.04. The van der Waals surface area contributed by atoms with E-state index in [1.54, 1.807) is 7.11 Å². The van der Waals surface area contributed by atoms with Gasteiger partial charge in [0, 0.05) is 7.11 Å².